The minimum absolute atomic E-state index is 0.0156. The third-order valence-electron chi connectivity index (χ3n) is 3.74. The van der Waals surface area contributed by atoms with Crippen molar-refractivity contribution in [2.24, 2.45) is 0 Å². The van der Waals surface area contributed by atoms with Crippen LogP contribution in [0.2, 0.25) is 0 Å². The predicted octanol–water partition coefficient (Wildman–Crippen LogP) is 1.13. The molecule has 1 aliphatic rings. The normalized spacial score (nSPS) is 16.0. The van der Waals surface area contributed by atoms with Crippen LogP contribution in [0.3, 0.4) is 0 Å². The molecule has 0 spiro atoms. The van der Waals surface area contributed by atoms with Crippen LogP contribution >= 0.6 is 0 Å². The number of nitrogens with one attached hydrogen (secondary N) is 1. The number of benzene rings is 1. The van der Waals surface area contributed by atoms with Gasteiger partial charge >= 0.3 is 11.8 Å². The first-order valence-electron chi connectivity index (χ1n) is 8.00. The van der Waals surface area contributed by atoms with E-state index in [0.29, 0.717) is 45.9 Å². The van der Waals surface area contributed by atoms with Crippen molar-refractivity contribution in [2.75, 3.05) is 39.5 Å². The lowest BCUT2D eigenvalue weighted by atomic mass is 10.1. The highest BCUT2D eigenvalue weighted by Crippen LogP contribution is 2.15. The molecule has 2 amide bonds. The topological polar surface area (TPSA) is 67.9 Å². The Hall–Kier alpha value is -1.92. The Labute approximate surface area is 136 Å². The molecule has 1 aromatic carbocycles. The Morgan fingerprint density at radius 1 is 1.26 bits per heavy atom. The quantitative estimate of drug-likeness (QED) is 0.630. The Balaban J connectivity index is 1.59. The van der Waals surface area contributed by atoms with E-state index < -0.39 is 11.8 Å². The van der Waals surface area contributed by atoms with E-state index in [0.717, 1.165) is 5.56 Å². The molecule has 1 N–H and O–H groups in total. The lowest BCUT2D eigenvalue weighted by molar-refractivity contribution is -0.148. The smallest absolute Gasteiger partial charge is 0.312 e. The Kier molecular flexibility index (Phi) is 7.03. The van der Waals surface area contributed by atoms with Crippen LogP contribution in [-0.4, -0.2) is 56.2 Å². The van der Waals surface area contributed by atoms with Crippen LogP contribution in [0.1, 0.15) is 25.0 Å². The summed E-state index contributed by atoms with van der Waals surface area (Å²) >= 11 is 0. The molecule has 2 rings (SSSR count). The molecule has 23 heavy (non-hydrogen) atoms. The average Bonchev–Trinajstić information content (AvgIpc) is 2.62. The fourth-order valence-corrected chi connectivity index (χ4v) is 2.34. The van der Waals surface area contributed by atoms with E-state index in [1.54, 1.807) is 0 Å². The van der Waals surface area contributed by atoms with Crippen LogP contribution < -0.4 is 5.32 Å². The van der Waals surface area contributed by atoms with Gasteiger partial charge in [0, 0.05) is 26.2 Å². The molecule has 0 radical (unpaired) electrons. The first kappa shape index (κ1) is 17.4. The molecular weight excluding hydrogens is 296 g/mol. The van der Waals surface area contributed by atoms with Crippen molar-refractivity contribution in [3.63, 3.8) is 0 Å². The van der Waals surface area contributed by atoms with Gasteiger partial charge in [-0.05, 0) is 18.9 Å². The van der Waals surface area contributed by atoms with Crippen molar-refractivity contribution in [1.82, 2.24) is 10.2 Å². The average molecular weight is 320 g/mol. The van der Waals surface area contributed by atoms with Crippen molar-refractivity contribution < 1.29 is 19.1 Å². The highest BCUT2D eigenvalue weighted by Gasteiger charge is 2.22. The van der Waals surface area contributed by atoms with Crippen LogP contribution in [0, 0.1) is 0 Å². The van der Waals surface area contributed by atoms with Crippen molar-refractivity contribution in [1.29, 1.82) is 0 Å². The molecule has 1 atom stereocenters. The summed E-state index contributed by atoms with van der Waals surface area (Å²) in [7, 11) is 0. The van der Waals surface area contributed by atoms with E-state index in [4.69, 9.17) is 9.47 Å². The first-order chi connectivity index (χ1) is 11.2. The molecule has 0 bridgehead atoms. The van der Waals surface area contributed by atoms with Gasteiger partial charge in [-0.1, -0.05) is 30.3 Å². The van der Waals surface area contributed by atoms with Crippen molar-refractivity contribution >= 4 is 11.8 Å². The zero-order valence-electron chi connectivity index (χ0n) is 13.5. The Bertz CT molecular complexity index is 501. The van der Waals surface area contributed by atoms with Gasteiger partial charge in [0.05, 0.1) is 19.3 Å². The number of nitrogens with zero attached hydrogens (tertiary/aromatic N) is 1. The number of rotatable bonds is 6. The van der Waals surface area contributed by atoms with E-state index in [-0.39, 0.29) is 6.10 Å². The number of carbonyl (C=O) groups is 2. The summed E-state index contributed by atoms with van der Waals surface area (Å²) in [5.74, 6) is -1.03. The molecule has 0 aliphatic carbocycles. The first-order valence-corrected chi connectivity index (χ1v) is 8.00. The molecule has 1 fully saturated rings. The zero-order chi connectivity index (χ0) is 16.5. The van der Waals surface area contributed by atoms with E-state index in [9.17, 15) is 9.59 Å². The van der Waals surface area contributed by atoms with Crippen molar-refractivity contribution in [3.05, 3.63) is 35.9 Å². The lowest BCUT2D eigenvalue weighted by Crippen LogP contribution is -2.48. The van der Waals surface area contributed by atoms with Gasteiger partial charge < -0.3 is 19.7 Å². The minimum atomic E-state index is -0.553. The third kappa shape index (κ3) is 5.65. The van der Waals surface area contributed by atoms with Gasteiger partial charge in [-0.2, -0.15) is 0 Å². The van der Waals surface area contributed by atoms with Crippen LogP contribution in [0.15, 0.2) is 30.3 Å². The van der Waals surface area contributed by atoms with Gasteiger partial charge in [0.15, 0.2) is 0 Å². The highest BCUT2D eigenvalue weighted by molar-refractivity contribution is 6.35. The maximum atomic E-state index is 11.9. The second kappa shape index (κ2) is 9.27. The highest BCUT2D eigenvalue weighted by atomic mass is 16.5. The number of hydrogen-bond donors (Lipinski definition) is 1. The molecule has 6 nitrogen and oxygen atoms in total. The van der Waals surface area contributed by atoms with Crippen molar-refractivity contribution in [2.45, 2.75) is 19.4 Å². The maximum absolute atomic E-state index is 11.9. The largest absolute Gasteiger partial charge is 0.378 e. The number of morpholine rings is 1. The number of ether oxygens (including phenoxy) is 2. The van der Waals surface area contributed by atoms with Crippen LogP contribution in [0.25, 0.3) is 0 Å². The molecule has 1 unspecified atom stereocenters. The summed E-state index contributed by atoms with van der Waals surface area (Å²) in [6.07, 6.45) is 0.682. The van der Waals surface area contributed by atoms with Gasteiger partial charge in [0.2, 0.25) is 0 Å². The summed E-state index contributed by atoms with van der Waals surface area (Å²) in [6, 6.07) is 9.97. The maximum Gasteiger partial charge on any atom is 0.312 e. The van der Waals surface area contributed by atoms with Gasteiger partial charge in [-0.15, -0.1) is 0 Å². The Morgan fingerprint density at radius 2 is 1.96 bits per heavy atom. The zero-order valence-corrected chi connectivity index (χ0v) is 13.5. The second-order valence-corrected chi connectivity index (χ2v) is 5.44. The Morgan fingerprint density at radius 3 is 2.65 bits per heavy atom. The van der Waals surface area contributed by atoms with E-state index in [1.807, 2.05) is 37.3 Å². The molecule has 126 valence electrons. The SMILES string of the molecule is CC(OCCCNC(=O)C(=O)N1CCOCC1)c1ccccc1. The van der Waals surface area contributed by atoms with Gasteiger partial charge in [-0.3, -0.25) is 9.59 Å². The van der Waals surface area contributed by atoms with Gasteiger partial charge in [0.25, 0.3) is 0 Å². The lowest BCUT2D eigenvalue weighted by Gasteiger charge is -2.26. The summed E-state index contributed by atoms with van der Waals surface area (Å²) in [5.41, 5.74) is 1.12. The molecule has 0 aromatic heterocycles. The minimum Gasteiger partial charge on any atom is -0.378 e. The summed E-state index contributed by atoms with van der Waals surface area (Å²) in [4.78, 5) is 25.2. The summed E-state index contributed by atoms with van der Waals surface area (Å²) in [5, 5.41) is 2.64. The van der Waals surface area contributed by atoms with Gasteiger partial charge in [0.1, 0.15) is 0 Å². The van der Waals surface area contributed by atoms with E-state index in [1.165, 1.54) is 4.90 Å². The number of amides is 2. The van der Waals surface area contributed by atoms with E-state index >= 15 is 0 Å². The second-order valence-electron chi connectivity index (χ2n) is 5.44. The summed E-state index contributed by atoms with van der Waals surface area (Å²) < 4.78 is 10.9. The molecule has 1 heterocycles. The fourth-order valence-electron chi connectivity index (χ4n) is 2.34. The molecule has 1 aliphatic heterocycles. The monoisotopic (exact) mass is 320 g/mol. The van der Waals surface area contributed by atoms with Crippen molar-refractivity contribution in [3.8, 4) is 0 Å². The fraction of sp³-hybridized carbons (Fsp3) is 0.529. The van der Waals surface area contributed by atoms with Crippen LogP contribution in [-0.2, 0) is 19.1 Å². The molecular formula is C17H24N2O4. The molecule has 1 saturated heterocycles. The van der Waals surface area contributed by atoms with Crippen LogP contribution in [0.5, 0.6) is 0 Å². The van der Waals surface area contributed by atoms with Gasteiger partial charge in [-0.25, -0.2) is 0 Å². The number of carbonyl (C=O) groups excluding carboxylic acids is 2. The third-order valence-corrected chi connectivity index (χ3v) is 3.74. The summed E-state index contributed by atoms with van der Waals surface area (Å²) in [6.45, 7) is 4.89. The predicted molar refractivity (Wildman–Crippen MR) is 85.8 cm³/mol. The molecule has 6 heteroatoms. The number of hydrogen-bond acceptors (Lipinski definition) is 4. The van der Waals surface area contributed by atoms with E-state index in [2.05, 4.69) is 5.32 Å². The molecule has 1 aromatic rings. The standard InChI is InChI=1S/C17H24N2O4/c1-14(15-6-3-2-4-7-15)23-11-5-8-18-16(20)17(21)19-9-12-22-13-10-19/h2-4,6-7,14H,5,8-13H2,1H3,(H,18,20). The molecule has 0 saturated carbocycles. The van der Waals surface area contributed by atoms with Crippen LogP contribution in [0.4, 0.5) is 0 Å².